The van der Waals surface area contributed by atoms with Crippen molar-refractivity contribution in [1.29, 1.82) is 0 Å². The third-order valence-corrected chi connectivity index (χ3v) is 4.33. The lowest BCUT2D eigenvalue weighted by molar-refractivity contribution is 0.0995. The van der Waals surface area contributed by atoms with Crippen LogP contribution in [0.25, 0.3) is 0 Å². The van der Waals surface area contributed by atoms with Crippen molar-refractivity contribution in [2.75, 3.05) is 5.32 Å². The van der Waals surface area contributed by atoms with E-state index >= 15 is 0 Å². The van der Waals surface area contributed by atoms with E-state index in [2.05, 4.69) is 15.3 Å². The molecule has 3 aromatic rings. The normalized spacial score (nSPS) is 10.7. The minimum Gasteiger partial charge on any atom is -0.455 e. The molecule has 0 saturated carbocycles. The zero-order valence-electron chi connectivity index (χ0n) is 12.8. The number of hydrogen-bond acceptors (Lipinski definition) is 5. The van der Waals surface area contributed by atoms with Gasteiger partial charge in [-0.2, -0.15) is 0 Å². The van der Waals surface area contributed by atoms with Crippen molar-refractivity contribution in [1.82, 2.24) is 14.5 Å². The molecule has 1 N–H and O–H groups in total. The number of nitrogens with one attached hydrogen (secondary N) is 1. The van der Waals surface area contributed by atoms with Gasteiger partial charge in [-0.05, 0) is 30.7 Å². The van der Waals surface area contributed by atoms with Crippen LogP contribution in [0.15, 0.2) is 52.4 Å². The smallest absolute Gasteiger partial charge is 0.292 e. The number of aryl methyl sites for hydroxylation is 2. The average molecular weight is 328 g/mol. The SMILES string of the molecule is Cc1cccnc1NC(=O)c1ccc(CSc2nccn2C)o1. The van der Waals surface area contributed by atoms with E-state index in [0.29, 0.717) is 11.6 Å². The van der Waals surface area contributed by atoms with Crippen molar-refractivity contribution < 1.29 is 9.21 Å². The van der Waals surface area contributed by atoms with Crippen LogP contribution >= 0.6 is 11.8 Å². The van der Waals surface area contributed by atoms with Crippen LogP contribution in [0, 0.1) is 6.92 Å². The maximum absolute atomic E-state index is 12.2. The fraction of sp³-hybridized carbons (Fsp3) is 0.188. The molecule has 0 bridgehead atoms. The maximum Gasteiger partial charge on any atom is 0.292 e. The third kappa shape index (κ3) is 3.62. The maximum atomic E-state index is 12.2. The number of nitrogens with zero attached hydrogens (tertiary/aromatic N) is 3. The largest absolute Gasteiger partial charge is 0.455 e. The summed E-state index contributed by atoms with van der Waals surface area (Å²) >= 11 is 1.55. The van der Waals surface area contributed by atoms with Gasteiger partial charge < -0.3 is 14.3 Å². The van der Waals surface area contributed by atoms with Gasteiger partial charge in [-0.15, -0.1) is 0 Å². The molecule has 3 rings (SSSR count). The lowest BCUT2D eigenvalue weighted by Crippen LogP contribution is -2.12. The molecule has 7 heteroatoms. The zero-order valence-corrected chi connectivity index (χ0v) is 13.6. The number of furan rings is 1. The summed E-state index contributed by atoms with van der Waals surface area (Å²) in [6.45, 7) is 1.89. The molecule has 23 heavy (non-hydrogen) atoms. The van der Waals surface area contributed by atoms with Crippen LogP contribution < -0.4 is 5.32 Å². The standard InChI is InChI=1S/C16H16N4O2S/c1-11-4-3-7-17-14(11)19-15(21)13-6-5-12(22-13)10-23-16-18-8-9-20(16)2/h3-9H,10H2,1-2H3,(H,17,19,21). The molecule has 118 valence electrons. The predicted octanol–water partition coefficient (Wildman–Crippen LogP) is 3.26. The number of amides is 1. The van der Waals surface area contributed by atoms with Gasteiger partial charge in [0.05, 0.1) is 5.75 Å². The Kier molecular flexibility index (Phi) is 4.47. The van der Waals surface area contributed by atoms with Crippen LogP contribution in [0.3, 0.4) is 0 Å². The second-order valence-corrected chi connectivity index (χ2v) is 5.94. The topological polar surface area (TPSA) is 73.0 Å². The molecular weight excluding hydrogens is 312 g/mol. The first-order chi connectivity index (χ1) is 11.1. The molecule has 0 aromatic carbocycles. The number of thioether (sulfide) groups is 1. The minimum atomic E-state index is -0.306. The van der Waals surface area contributed by atoms with Gasteiger partial charge in [0.25, 0.3) is 5.91 Å². The highest BCUT2D eigenvalue weighted by Crippen LogP contribution is 2.22. The molecule has 0 fully saturated rings. The highest BCUT2D eigenvalue weighted by molar-refractivity contribution is 7.98. The Morgan fingerprint density at radius 1 is 1.30 bits per heavy atom. The Morgan fingerprint density at radius 2 is 2.17 bits per heavy atom. The molecule has 1 amide bonds. The monoisotopic (exact) mass is 328 g/mol. The van der Waals surface area contributed by atoms with E-state index in [-0.39, 0.29) is 11.7 Å². The van der Waals surface area contributed by atoms with Gasteiger partial charge in [-0.3, -0.25) is 4.79 Å². The van der Waals surface area contributed by atoms with Gasteiger partial charge in [-0.25, -0.2) is 9.97 Å². The Hall–Kier alpha value is -2.54. The van der Waals surface area contributed by atoms with Crippen molar-refractivity contribution in [3.05, 3.63) is 59.9 Å². The summed E-state index contributed by atoms with van der Waals surface area (Å²) in [7, 11) is 1.94. The van der Waals surface area contributed by atoms with Crippen LogP contribution in [0.1, 0.15) is 21.9 Å². The number of anilines is 1. The molecule has 0 aliphatic rings. The highest BCUT2D eigenvalue weighted by Gasteiger charge is 2.13. The van der Waals surface area contributed by atoms with Gasteiger partial charge >= 0.3 is 0 Å². The van der Waals surface area contributed by atoms with E-state index in [1.807, 2.05) is 36.9 Å². The van der Waals surface area contributed by atoms with Crippen LogP contribution in [0.5, 0.6) is 0 Å². The van der Waals surface area contributed by atoms with Gasteiger partial charge in [0.2, 0.25) is 0 Å². The first kappa shape index (κ1) is 15.4. The number of aromatic nitrogens is 3. The van der Waals surface area contributed by atoms with Crippen molar-refractivity contribution in [3.8, 4) is 0 Å². The van der Waals surface area contributed by atoms with E-state index < -0.39 is 0 Å². The van der Waals surface area contributed by atoms with E-state index in [1.165, 1.54) is 0 Å². The molecule has 0 aliphatic carbocycles. The Labute approximate surface area is 137 Å². The van der Waals surface area contributed by atoms with Crippen LogP contribution in [0.2, 0.25) is 0 Å². The molecule has 3 heterocycles. The van der Waals surface area contributed by atoms with E-state index in [9.17, 15) is 4.79 Å². The van der Waals surface area contributed by atoms with E-state index in [4.69, 9.17) is 4.42 Å². The zero-order chi connectivity index (χ0) is 16.2. The fourth-order valence-electron chi connectivity index (χ4n) is 1.99. The Balaban J connectivity index is 1.63. The first-order valence-corrected chi connectivity index (χ1v) is 8.04. The number of carbonyl (C=O) groups is 1. The lowest BCUT2D eigenvalue weighted by Gasteiger charge is -2.04. The predicted molar refractivity (Wildman–Crippen MR) is 88.4 cm³/mol. The van der Waals surface area contributed by atoms with Gasteiger partial charge in [-0.1, -0.05) is 17.8 Å². The molecule has 0 spiro atoms. The number of carbonyl (C=O) groups excluding carboxylic acids is 1. The first-order valence-electron chi connectivity index (χ1n) is 7.05. The van der Waals surface area contributed by atoms with Crippen molar-refractivity contribution in [2.45, 2.75) is 17.8 Å². The Morgan fingerprint density at radius 3 is 2.91 bits per heavy atom. The molecular formula is C16H16N4O2S. The van der Waals surface area contributed by atoms with E-state index in [1.54, 1.807) is 36.3 Å². The lowest BCUT2D eigenvalue weighted by atomic mass is 10.3. The van der Waals surface area contributed by atoms with Gasteiger partial charge in [0.15, 0.2) is 10.9 Å². The number of pyridine rings is 1. The van der Waals surface area contributed by atoms with Crippen molar-refractivity contribution >= 4 is 23.5 Å². The second kappa shape index (κ2) is 6.70. The molecule has 0 aliphatic heterocycles. The quantitative estimate of drug-likeness (QED) is 0.728. The van der Waals surface area contributed by atoms with E-state index in [0.717, 1.165) is 16.5 Å². The van der Waals surface area contributed by atoms with Gasteiger partial charge in [0.1, 0.15) is 11.6 Å². The summed E-state index contributed by atoms with van der Waals surface area (Å²) in [6, 6.07) is 7.18. The van der Waals surface area contributed by atoms with Crippen molar-refractivity contribution in [3.63, 3.8) is 0 Å². The highest BCUT2D eigenvalue weighted by atomic mass is 32.2. The summed E-state index contributed by atoms with van der Waals surface area (Å²) in [5.41, 5.74) is 0.901. The molecule has 0 unspecified atom stereocenters. The molecule has 0 radical (unpaired) electrons. The van der Waals surface area contributed by atoms with Crippen molar-refractivity contribution in [2.24, 2.45) is 7.05 Å². The summed E-state index contributed by atoms with van der Waals surface area (Å²) < 4.78 is 7.53. The third-order valence-electron chi connectivity index (χ3n) is 3.25. The van der Waals surface area contributed by atoms with Crippen LogP contribution in [-0.4, -0.2) is 20.4 Å². The second-order valence-electron chi connectivity index (χ2n) is 5.00. The summed E-state index contributed by atoms with van der Waals surface area (Å²) in [5.74, 6) is 1.84. The number of hydrogen-bond donors (Lipinski definition) is 1. The molecule has 0 saturated heterocycles. The average Bonchev–Trinajstić information content (AvgIpc) is 3.16. The molecule has 0 atom stereocenters. The summed E-state index contributed by atoms with van der Waals surface area (Å²) in [6.07, 6.45) is 5.27. The summed E-state index contributed by atoms with van der Waals surface area (Å²) in [4.78, 5) is 20.6. The van der Waals surface area contributed by atoms with Crippen LogP contribution in [-0.2, 0) is 12.8 Å². The molecule has 6 nitrogen and oxygen atoms in total. The molecule has 3 aromatic heterocycles. The summed E-state index contributed by atoms with van der Waals surface area (Å²) in [5, 5.41) is 3.65. The van der Waals surface area contributed by atoms with Gasteiger partial charge in [0, 0.05) is 25.6 Å². The number of rotatable bonds is 5. The fourth-order valence-corrected chi connectivity index (χ4v) is 2.82. The van der Waals surface area contributed by atoms with Crippen LogP contribution in [0.4, 0.5) is 5.82 Å². The minimum absolute atomic E-state index is 0.269. The number of imidazole rings is 1. The Bertz CT molecular complexity index is 825.